The molecule has 6 rings (SSSR count). The third-order valence-corrected chi connectivity index (χ3v) is 5.61. The van der Waals surface area contributed by atoms with E-state index in [4.69, 9.17) is 28.4 Å². The fraction of sp³-hybridized carbons (Fsp3) is 0.350. The average molecular weight is 368 g/mol. The molecule has 4 unspecified atom stereocenters. The Morgan fingerprint density at radius 1 is 0.741 bits per heavy atom. The van der Waals surface area contributed by atoms with Crippen LogP contribution in [-0.2, 0) is 14.3 Å². The summed E-state index contributed by atoms with van der Waals surface area (Å²) in [6.07, 6.45) is -0.702. The zero-order valence-corrected chi connectivity index (χ0v) is 14.3. The van der Waals surface area contributed by atoms with E-state index in [0.717, 1.165) is 11.1 Å². The van der Waals surface area contributed by atoms with Crippen molar-refractivity contribution in [3.05, 3.63) is 47.5 Å². The molecule has 4 aliphatic rings. The van der Waals surface area contributed by atoms with Gasteiger partial charge >= 0.3 is 5.97 Å². The maximum Gasteiger partial charge on any atom is 0.313 e. The van der Waals surface area contributed by atoms with Gasteiger partial charge in [0.25, 0.3) is 0 Å². The van der Waals surface area contributed by atoms with Crippen LogP contribution in [0.25, 0.3) is 0 Å². The molecule has 2 aromatic rings. The first-order valence-electron chi connectivity index (χ1n) is 8.89. The molecule has 0 amide bonds. The van der Waals surface area contributed by atoms with Crippen molar-refractivity contribution in [3.63, 3.8) is 0 Å². The Balaban J connectivity index is 1.31. The summed E-state index contributed by atoms with van der Waals surface area (Å²) in [6, 6.07) is 11.3. The van der Waals surface area contributed by atoms with Crippen molar-refractivity contribution in [2.75, 3.05) is 20.2 Å². The molecule has 0 N–H and O–H groups in total. The monoisotopic (exact) mass is 368 g/mol. The number of rotatable bonds is 2. The molecule has 0 spiro atoms. The number of cyclic esters (lactones) is 1. The highest BCUT2D eigenvalue weighted by Gasteiger charge is 2.54. The van der Waals surface area contributed by atoms with E-state index in [1.807, 2.05) is 36.4 Å². The van der Waals surface area contributed by atoms with E-state index in [-0.39, 0.29) is 43.6 Å². The fourth-order valence-electron chi connectivity index (χ4n) is 4.31. The van der Waals surface area contributed by atoms with Crippen molar-refractivity contribution in [1.29, 1.82) is 0 Å². The molecule has 4 atom stereocenters. The minimum absolute atomic E-state index is 0.0479. The maximum atomic E-state index is 12.7. The van der Waals surface area contributed by atoms with Crippen LogP contribution in [0.5, 0.6) is 23.0 Å². The smallest absolute Gasteiger partial charge is 0.313 e. The Morgan fingerprint density at radius 3 is 2.00 bits per heavy atom. The molecule has 2 aromatic carbocycles. The van der Waals surface area contributed by atoms with Gasteiger partial charge in [0.1, 0.15) is 6.10 Å². The van der Waals surface area contributed by atoms with E-state index in [2.05, 4.69) is 0 Å². The standard InChI is InChI=1S/C20H16O7/c21-20-17-12(18(27-20)10-1-3-13-15(5-10)25-8-23-13)7-22-19(17)11-2-4-14-16(6-11)26-9-24-14/h1-6,12,17-19H,7-9H2. The molecule has 2 saturated heterocycles. The topological polar surface area (TPSA) is 72.5 Å². The molecule has 138 valence electrons. The van der Waals surface area contributed by atoms with Crippen LogP contribution in [0.2, 0.25) is 0 Å². The van der Waals surface area contributed by atoms with Gasteiger partial charge < -0.3 is 28.4 Å². The number of esters is 1. The lowest BCUT2D eigenvalue weighted by atomic mass is 9.84. The number of carbonyl (C=O) groups is 1. The normalized spacial score (nSPS) is 29.7. The van der Waals surface area contributed by atoms with Gasteiger partial charge in [-0.05, 0) is 35.4 Å². The highest BCUT2D eigenvalue weighted by Crippen LogP contribution is 2.52. The van der Waals surface area contributed by atoms with Gasteiger partial charge in [-0.3, -0.25) is 4.79 Å². The third-order valence-electron chi connectivity index (χ3n) is 5.61. The molecule has 0 saturated carbocycles. The Bertz CT molecular complexity index is 884. The Labute approximate surface area is 154 Å². The van der Waals surface area contributed by atoms with Crippen LogP contribution in [-0.4, -0.2) is 26.2 Å². The minimum Gasteiger partial charge on any atom is -0.457 e. The van der Waals surface area contributed by atoms with Crippen molar-refractivity contribution in [1.82, 2.24) is 0 Å². The van der Waals surface area contributed by atoms with Crippen LogP contribution in [0, 0.1) is 11.8 Å². The van der Waals surface area contributed by atoms with Crippen molar-refractivity contribution in [3.8, 4) is 23.0 Å². The van der Waals surface area contributed by atoms with Gasteiger partial charge in [-0.2, -0.15) is 0 Å². The SMILES string of the molecule is O=C1OC(c2ccc3c(c2)OCO3)C2COC(c3ccc4c(c3)OCO4)C12. The molecule has 7 heteroatoms. The molecule has 4 heterocycles. The van der Waals surface area contributed by atoms with Crippen molar-refractivity contribution in [2.24, 2.45) is 11.8 Å². The first-order valence-corrected chi connectivity index (χ1v) is 8.89. The fourth-order valence-corrected chi connectivity index (χ4v) is 4.31. The van der Waals surface area contributed by atoms with Crippen LogP contribution in [0.1, 0.15) is 23.3 Å². The summed E-state index contributed by atoms with van der Waals surface area (Å²) in [5.41, 5.74) is 1.80. The summed E-state index contributed by atoms with van der Waals surface area (Å²) in [6.45, 7) is 0.879. The molecular formula is C20H16O7. The van der Waals surface area contributed by atoms with Gasteiger partial charge in [-0.1, -0.05) is 12.1 Å². The first-order chi connectivity index (χ1) is 13.3. The number of hydrogen-bond acceptors (Lipinski definition) is 7. The van der Waals surface area contributed by atoms with Gasteiger partial charge in [0.15, 0.2) is 23.0 Å². The Kier molecular flexibility index (Phi) is 3.11. The number of ether oxygens (including phenoxy) is 6. The quantitative estimate of drug-likeness (QED) is 0.755. The minimum atomic E-state index is -0.351. The lowest BCUT2D eigenvalue weighted by Gasteiger charge is -2.15. The molecule has 0 radical (unpaired) electrons. The summed E-state index contributed by atoms with van der Waals surface area (Å²) >= 11 is 0. The highest BCUT2D eigenvalue weighted by atomic mass is 16.7. The molecule has 0 aliphatic carbocycles. The number of fused-ring (bicyclic) bond motifs is 3. The largest absolute Gasteiger partial charge is 0.457 e. The Hall–Kier alpha value is -2.93. The number of carbonyl (C=O) groups excluding carboxylic acids is 1. The zero-order valence-electron chi connectivity index (χ0n) is 14.3. The van der Waals surface area contributed by atoms with Gasteiger partial charge in [-0.15, -0.1) is 0 Å². The van der Waals surface area contributed by atoms with E-state index >= 15 is 0 Å². The second kappa shape index (κ2) is 5.53. The van der Waals surface area contributed by atoms with Crippen LogP contribution in [0.4, 0.5) is 0 Å². The molecule has 4 aliphatic heterocycles. The van der Waals surface area contributed by atoms with Gasteiger partial charge in [0.2, 0.25) is 13.6 Å². The maximum absolute atomic E-state index is 12.7. The van der Waals surface area contributed by atoms with Crippen LogP contribution >= 0.6 is 0 Å². The van der Waals surface area contributed by atoms with Gasteiger partial charge in [0.05, 0.1) is 18.6 Å². The molecular weight excluding hydrogens is 352 g/mol. The lowest BCUT2D eigenvalue weighted by Crippen LogP contribution is -2.17. The Morgan fingerprint density at radius 2 is 1.33 bits per heavy atom. The van der Waals surface area contributed by atoms with Crippen molar-refractivity contribution in [2.45, 2.75) is 12.2 Å². The zero-order chi connectivity index (χ0) is 18.0. The van der Waals surface area contributed by atoms with E-state index in [1.54, 1.807) is 0 Å². The summed E-state index contributed by atoms with van der Waals surface area (Å²) in [7, 11) is 0. The third kappa shape index (κ3) is 2.21. The van der Waals surface area contributed by atoms with E-state index in [1.165, 1.54) is 0 Å². The number of hydrogen-bond donors (Lipinski definition) is 0. The molecule has 2 fully saturated rings. The number of benzene rings is 2. The summed E-state index contributed by atoms with van der Waals surface area (Å²) in [5.74, 6) is 2.15. The van der Waals surface area contributed by atoms with E-state index < -0.39 is 0 Å². The average Bonchev–Trinajstić information content (AvgIpc) is 3.45. The van der Waals surface area contributed by atoms with Crippen LogP contribution in [0.3, 0.4) is 0 Å². The predicted octanol–water partition coefficient (Wildman–Crippen LogP) is 2.75. The van der Waals surface area contributed by atoms with Crippen molar-refractivity contribution >= 4 is 5.97 Å². The molecule has 0 aromatic heterocycles. The molecule has 27 heavy (non-hydrogen) atoms. The second-order valence-electron chi connectivity index (χ2n) is 7.03. The summed E-state index contributed by atoms with van der Waals surface area (Å²) in [5, 5.41) is 0. The second-order valence-corrected chi connectivity index (χ2v) is 7.03. The van der Waals surface area contributed by atoms with E-state index in [9.17, 15) is 4.79 Å². The molecule has 0 bridgehead atoms. The van der Waals surface area contributed by atoms with Gasteiger partial charge in [0, 0.05) is 5.92 Å². The van der Waals surface area contributed by atoms with E-state index in [0.29, 0.717) is 29.6 Å². The molecule has 7 nitrogen and oxygen atoms in total. The highest BCUT2D eigenvalue weighted by molar-refractivity contribution is 5.77. The summed E-state index contributed by atoms with van der Waals surface area (Å²) in [4.78, 5) is 12.7. The van der Waals surface area contributed by atoms with Gasteiger partial charge in [-0.25, -0.2) is 0 Å². The van der Waals surface area contributed by atoms with Crippen LogP contribution in [0.15, 0.2) is 36.4 Å². The first kappa shape index (κ1) is 15.2. The summed E-state index contributed by atoms with van der Waals surface area (Å²) < 4.78 is 33.4. The predicted molar refractivity (Wildman–Crippen MR) is 89.6 cm³/mol. The van der Waals surface area contributed by atoms with Crippen molar-refractivity contribution < 1.29 is 33.2 Å². The van der Waals surface area contributed by atoms with Crippen LogP contribution < -0.4 is 18.9 Å². The lowest BCUT2D eigenvalue weighted by molar-refractivity contribution is -0.148.